The quantitative estimate of drug-likeness (QED) is 0.673. The number of rotatable bonds is 3. The zero-order valence-electron chi connectivity index (χ0n) is 7.34. The molecule has 2 nitrogen and oxygen atoms in total. The first-order valence-electron chi connectivity index (χ1n) is 3.86. The van der Waals surface area contributed by atoms with Crippen LogP contribution < -0.4 is 4.72 Å². The molecule has 7 heteroatoms. The van der Waals surface area contributed by atoms with E-state index < -0.39 is 16.9 Å². The third kappa shape index (κ3) is 4.58. The van der Waals surface area contributed by atoms with Crippen molar-refractivity contribution in [2.75, 3.05) is 0 Å². The van der Waals surface area contributed by atoms with E-state index in [1.807, 2.05) is 4.72 Å². The molecule has 15 heavy (non-hydrogen) atoms. The summed E-state index contributed by atoms with van der Waals surface area (Å²) in [5.41, 5.74) is -4.04. The highest BCUT2D eigenvalue weighted by Crippen LogP contribution is 2.21. The Morgan fingerprint density at radius 3 is 2.27 bits per heavy atom. The van der Waals surface area contributed by atoms with Crippen molar-refractivity contribution < 1.29 is 17.7 Å². The van der Waals surface area contributed by atoms with Gasteiger partial charge in [0.2, 0.25) is 0 Å². The summed E-state index contributed by atoms with van der Waals surface area (Å²) in [5.74, 6) is 0. The van der Waals surface area contributed by atoms with Crippen molar-refractivity contribution in [2.24, 2.45) is 0 Å². The molecule has 1 aromatic rings. The van der Waals surface area contributed by atoms with E-state index in [0.717, 1.165) is 3.57 Å². The smallest absolute Gasteiger partial charge is 0.591 e. The van der Waals surface area contributed by atoms with E-state index in [1.165, 1.54) is 0 Å². The Bertz CT molecular complexity index is 317. The molecule has 0 amide bonds. The fraction of sp³-hybridized carbons (Fsp3) is 0.250. The lowest BCUT2D eigenvalue weighted by Gasteiger charge is -2.12. The second-order valence-electron chi connectivity index (χ2n) is 2.66. The first-order chi connectivity index (χ1) is 6.89. The van der Waals surface area contributed by atoms with Crippen molar-refractivity contribution in [1.82, 2.24) is 4.72 Å². The molecule has 0 radical (unpaired) electrons. The second-order valence-corrected chi connectivity index (χ2v) is 5.20. The van der Waals surface area contributed by atoms with Gasteiger partial charge in [-0.25, -0.2) is 0 Å². The van der Waals surface area contributed by atoms with Crippen LogP contribution in [0.1, 0.15) is 5.56 Å². The van der Waals surface area contributed by atoms with E-state index in [4.69, 9.17) is 0 Å². The summed E-state index contributed by atoms with van der Waals surface area (Å²) in [4.78, 5) is 0. The highest BCUT2D eigenvalue weighted by Gasteiger charge is 2.45. The Labute approximate surface area is 102 Å². The van der Waals surface area contributed by atoms with E-state index in [-0.39, 0.29) is 6.54 Å². The molecule has 0 aliphatic heterocycles. The number of hydrogen-bond acceptors (Lipinski definition) is 2. The van der Waals surface area contributed by atoms with Crippen LogP contribution in [0.5, 0.6) is 0 Å². The molecule has 0 spiro atoms. The van der Waals surface area contributed by atoms with Gasteiger partial charge in [-0.1, -0.05) is 12.1 Å². The molecule has 0 aliphatic rings. The van der Waals surface area contributed by atoms with Gasteiger partial charge in [-0.3, -0.25) is 0 Å². The van der Waals surface area contributed by atoms with Crippen LogP contribution in [-0.2, 0) is 17.9 Å². The summed E-state index contributed by atoms with van der Waals surface area (Å²) in [6.45, 7) is -0.0664. The molecule has 1 rings (SSSR count). The summed E-state index contributed by atoms with van der Waals surface area (Å²) in [6, 6.07) is 6.91. The van der Waals surface area contributed by atoms with Crippen LogP contribution in [0.15, 0.2) is 24.3 Å². The number of nitrogens with one attached hydrogen (secondary N) is 1. The lowest BCUT2D eigenvalue weighted by Crippen LogP contribution is -2.35. The molecular formula is C8H7F3INOS. The maximum Gasteiger partial charge on any atom is 0.592 e. The lowest BCUT2D eigenvalue weighted by atomic mass is 10.2. The SMILES string of the molecule is [O-][S+](NCc1ccc(I)cc1)C(F)(F)F. The molecule has 0 aromatic heterocycles. The van der Waals surface area contributed by atoms with E-state index in [9.17, 15) is 17.7 Å². The minimum absolute atomic E-state index is 0.0664. The second kappa shape index (κ2) is 5.37. The Morgan fingerprint density at radius 1 is 1.27 bits per heavy atom. The molecule has 0 heterocycles. The van der Waals surface area contributed by atoms with E-state index in [1.54, 1.807) is 24.3 Å². The van der Waals surface area contributed by atoms with Crippen LogP contribution in [0.3, 0.4) is 0 Å². The number of hydrogen-bond donors (Lipinski definition) is 1. The van der Waals surface area contributed by atoms with Crippen molar-refractivity contribution in [2.45, 2.75) is 12.1 Å². The standard InChI is InChI=1S/C8H7F3INOS/c9-8(10,11)15(14)13-5-6-1-3-7(12)4-2-6/h1-4,13H,5H2. The van der Waals surface area contributed by atoms with E-state index in [0.29, 0.717) is 5.56 Å². The maximum atomic E-state index is 11.9. The van der Waals surface area contributed by atoms with Gasteiger partial charge in [-0.15, -0.1) is 17.9 Å². The molecule has 1 unspecified atom stereocenters. The minimum atomic E-state index is -4.71. The van der Waals surface area contributed by atoms with E-state index in [2.05, 4.69) is 22.6 Å². The molecule has 0 bridgehead atoms. The number of alkyl halides is 3. The monoisotopic (exact) mass is 349 g/mol. The Hall–Kier alpha value is 0.01000. The average Bonchev–Trinajstić information content (AvgIpc) is 2.15. The van der Waals surface area contributed by atoms with Crippen LogP contribution in [0.25, 0.3) is 0 Å². The fourth-order valence-corrected chi connectivity index (χ4v) is 1.65. The highest BCUT2D eigenvalue weighted by atomic mass is 127. The molecule has 0 saturated carbocycles. The summed E-state index contributed by atoms with van der Waals surface area (Å²) < 4.78 is 49.0. The Morgan fingerprint density at radius 2 is 1.80 bits per heavy atom. The first-order valence-corrected chi connectivity index (χ1v) is 6.09. The van der Waals surface area contributed by atoms with Crippen molar-refractivity contribution in [3.63, 3.8) is 0 Å². The van der Waals surface area contributed by atoms with Gasteiger partial charge >= 0.3 is 5.51 Å². The zero-order valence-corrected chi connectivity index (χ0v) is 10.3. The summed E-state index contributed by atoms with van der Waals surface area (Å²) >= 11 is -0.904. The van der Waals surface area contributed by atoms with Gasteiger partial charge in [0.25, 0.3) is 0 Å². The van der Waals surface area contributed by atoms with Crippen LogP contribution in [0.2, 0.25) is 0 Å². The molecule has 1 atom stereocenters. The molecular weight excluding hydrogens is 342 g/mol. The molecule has 1 N–H and O–H groups in total. The van der Waals surface area contributed by atoms with Gasteiger partial charge < -0.3 is 4.55 Å². The van der Waals surface area contributed by atoms with Crippen molar-refractivity contribution in [3.8, 4) is 0 Å². The van der Waals surface area contributed by atoms with Gasteiger partial charge in [0.1, 0.15) is 0 Å². The molecule has 1 aromatic carbocycles. The number of halogens is 4. The van der Waals surface area contributed by atoms with Crippen LogP contribution >= 0.6 is 22.6 Å². The molecule has 0 fully saturated rings. The van der Waals surface area contributed by atoms with Crippen LogP contribution in [0.4, 0.5) is 13.2 Å². The van der Waals surface area contributed by atoms with Crippen LogP contribution in [-0.4, -0.2) is 10.1 Å². The highest BCUT2D eigenvalue weighted by molar-refractivity contribution is 14.1. The van der Waals surface area contributed by atoms with Gasteiger partial charge in [0, 0.05) is 3.57 Å². The molecule has 0 aliphatic carbocycles. The van der Waals surface area contributed by atoms with Crippen LogP contribution in [0, 0.1) is 3.57 Å². The third-order valence-electron chi connectivity index (χ3n) is 1.53. The lowest BCUT2D eigenvalue weighted by molar-refractivity contribution is -0.0447. The summed E-state index contributed by atoms with van der Waals surface area (Å²) in [5, 5.41) is 0. The normalized spacial score (nSPS) is 13.9. The summed E-state index contributed by atoms with van der Waals surface area (Å²) in [6.07, 6.45) is 0. The average molecular weight is 349 g/mol. The van der Waals surface area contributed by atoms with Crippen molar-refractivity contribution in [3.05, 3.63) is 33.4 Å². The third-order valence-corrected chi connectivity index (χ3v) is 3.08. The molecule has 0 saturated heterocycles. The molecule has 84 valence electrons. The van der Waals surface area contributed by atoms with Crippen molar-refractivity contribution >= 4 is 34.0 Å². The first kappa shape index (κ1) is 13.1. The van der Waals surface area contributed by atoms with Gasteiger partial charge in [0.15, 0.2) is 11.4 Å². The minimum Gasteiger partial charge on any atom is -0.591 e. The van der Waals surface area contributed by atoms with Crippen molar-refractivity contribution in [1.29, 1.82) is 0 Å². The fourth-order valence-electron chi connectivity index (χ4n) is 0.833. The topological polar surface area (TPSA) is 35.1 Å². The predicted molar refractivity (Wildman–Crippen MR) is 60.2 cm³/mol. The van der Waals surface area contributed by atoms with E-state index >= 15 is 0 Å². The summed E-state index contributed by atoms with van der Waals surface area (Å²) in [7, 11) is 0. The Balaban J connectivity index is 2.47. The van der Waals surface area contributed by atoms with Gasteiger partial charge in [0.05, 0.1) is 6.54 Å². The Kier molecular flexibility index (Phi) is 4.68. The van der Waals surface area contributed by atoms with Gasteiger partial charge in [-0.05, 0) is 40.3 Å². The van der Waals surface area contributed by atoms with Gasteiger partial charge in [-0.2, -0.15) is 0 Å². The largest absolute Gasteiger partial charge is 0.592 e. The zero-order chi connectivity index (χ0) is 11.5. The maximum absolute atomic E-state index is 11.9. The number of benzene rings is 1. The predicted octanol–water partition coefficient (Wildman–Crippen LogP) is 2.56.